The second-order valence-corrected chi connectivity index (χ2v) is 5.72. The molecule has 0 unspecified atom stereocenters. The van der Waals surface area contributed by atoms with Crippen LogP contribution in [0, 0.1) is 13.8 Å². The normalized spacial score (nSPS) is 24.2. The molecular formula is C15H22ClNO. The maximum Gasteiger partial charge on any atom is 0.120 e. The van der Waals surface area contributed by atoms with Crippen molar-refractivity contribution in [1.29, 1.82) is 0 Å². The highest BCUT2D eigenvalue weighted by atomic mass is 35.5. The summed E-state index contributed by atoms with van der Waals surface area (Å²) in [6, 6.07) is 2.39. The number of aromatic hydroxyl groups is 1. The number of aryl methyl sites for hydroxylation is 1. The molecule has 2 N–H and O–H groups in total. The minimum atomic E-state index is 0.366. The first kappa shape index (κ1) is 13.7. The van der Waals surface area contributed by atoms with Crippen LogP contribution in [0.4, 0.5) is 0 Å². The molecule has 2 nitrogen and oxygen atoms in total. The van der Waals surface area contributed by atoms with E-state index in [1.807, 2.05) is 19.9 Å². The Hall–Kier alpha value is -0.730. The summed E-state index contributed by atoms with van der Waals surface area (Å²) in [5, 5.41) is 14.5. The zero-order valence-corrected chi connectivity index (χ0v) is 12.1. The third-order valence-electron chi connectivity index (χ3n) is 4.18. The SMILES string of the molecule is CC[C@@H]1C[C@H](c2c(O)cc(C)c(C)c2Cl)CCN1. The molecule has 0 aromatic heterocycles. The van der Waals surface area contributed by atoms with Gasteiger partial charge in [-0.1, -0.05) is 18.5 Å². The van der Waals surface area contributed by atoms with Gasteiger partial charge in [-0.2, -0.15) is 0 Å². The van der Waals surface area contributed by atoms with Gasteiger partial charge in [0.25, 0.3) is 0 Å². The lowest BCUT2D eigenvalue weighted by Crippen LogP contribution is -2.36. The van der Waals surface area contributed by atoms with Crippen molar-refractivity contribution in [1.82, 2.24) is 5.32 Å². The number of rotatable bonds is 2. The predicted molar refractivity (Wildman–Crippen MR) is 76.6 cm³/mol. The van der Waals surface area contributed by atoms with E-state index < -0.39 is 0 Å². The zero-order chi connectivity index (χ0) is 13.3. The predicted octanol–water partition coefficient (Wildman–Crippen LogP) is 3.91. The van der Waals surface area contributed by atoms with E-state index in [0.29, 0.717) is 17.7 Å². The van der Waals surface area contributed by atoms with Gasteiger partial charge in [-0.3, -0.25) is 0 Å². The van der Waals surface area contributed by atoms with Gasteiger partial charge in [-0.25, -0.2) is 0 Å². The molecule has 1 aromatic rings. The van der Waals surface area contributed by atoms with Crippen molar-refractivity contribution in [3.05, 3.63) is 27.8 Å². The van der Waals surface area contributed by atoms with Gasteiger partial charge in [0.1, 0.15) is 5.75 Å². The Morgan fingerprint density at radius 1 is 1.44 bits per heavy atom. The van der Waals surface area contributed by atoms with Gasteiger partial charge >= 0.3 is 0 Å². The second kappa shape index (κ2) is 5.50. The quantitative estimate of drug-likeness (QED) is 0.852. The van der Waals surface area contributed by atoms with Crippen LogP contribution in [0.15, 0.2) is 6.07 Å². The molecule has 100 valence electrons. The molecule has 1 aliphatic heterocycles. The van der Waals surface area contributed by atoms with Crippen molar-refractivity contribution < 1.29 is 5.11 Å². The molecule has 18 heavy (non-hydrogen) atoms. The van der Waals surface area contributed by atoms with Crippen molar-refractivity contribution in [3.63, 3.8) is 0 Å². The third kappa shape index (κ3) is 2.50. The molecule has 1 saturated heterocycles. The fourth-order valence-corrected chi connectivity index (χ4v) is 3.25. The smallest absolute Gasteiger partial charge is 0.120 e. The molecule has 0 spiro atoms. The molecule has 0 aliphatic carbocycles. The highest BCUT2D eigenvalue weighted by Gasteiger charge is 2.26. The molecular weight excluding hydrogens is 246 g/mol. The summed E-state index contributed by atoms with van der Waals surface area (Å²) in [5.74, 6) is 0.743. The maximum absolute atomic E-state index is 10.2. The fourth-order valence-electron chi connectivity index (χ4n) is 2.85. The van der Waals surface area contributed by atoms with E-state index in [4.69, 9.17) is 11.6 Å². The molecule has 2 atom stereocenters. The van der Waals surface area contributed by atoms with Gasteiger partial charge in [-0.15, -0.1) is 0 Å². The van der Waals surface area contributed by atoms with Gasteiger partial charge in [-0.05, 0) is 62.8 Å². The van der Waals surface area contributed by atoms with Crippen molar-refractivity contribution in [2.45, 2.75) is 52.0 Å². The summed E-state index contributed by atoms with van der Waals surface area (Å²) in [7, 11) is 0. The third-order valence-corrected chi connectivity index (χ3v) is 4.67. The molecule has 3 heteroatoms. The van der Waals surface area contributed by atoms with Crippen LogP contribution in [0.5, 0.6) is 5.75 Å². The lowest BCUT2D eigenvalue weighted by molar-refractivity contribution is 0.347. The Labute approximate surface area is 114 Å². The number of piperidine rings is 1. The summed E-state index contributed by atoms with van der Waals surface area (Å²) in [4.78, 5) is 0. The fraction of sp³-hybridized carbons (Fsp3) is 0.600. The summed E-state index contributed by atoms with van der Waals surface area (Å²) in [5.41, 5.74) is 3.11. The van der Waals surface area contributed by atoms with Gasteiger partial charge in [0, 0.05) is 11.6 Å². The highest BCUT2D eigenvalue weighted by molar-refractivity contribution is 6.32. The van der Waals surface area contributed by atoms with Crippen LogP contribution in [0.2, 0.25) is 5.02 Å². The van der Waals surface area contributed by atoms with E-state index in [1.54, 1.807) is 0 Å². The molecule has 2 rings (SSSR count). The van der Waals surface area contributed by atoms with Gasteiger partial charge in [0.15, 0.2) is 0 Å². The second-order valence-electron chi connectivity index (χ2n) is 5.35. The van der Waals surface area contributed by atoms with E-state index in [-0.39, 0.29) is 0 Å². The van der Waals surface area contributed by atoms with Crippen molar-refractivity contribution in [2.75, 3.05) is 6.54 Å². The lowest BCUT2D eigenvalue weighted by Gasteiger charge is -2.31. The van der Waals surface area contributed by atoms with E-state index in [2.05, 4.69) is 12.2 Å². The summed E-state index contributed by atoms with van der Waals surface area (Å²) >= 11 is 6.45. The van der Waals surface area contributed by atoms with Crippen molar-refractivity contribution in [2.24, 2.45) is 0 Å². The number of nitrogens with one attached hydrogen (secondary N) is 1. The number of hydrogen-bond donors (Lipinski definition) is 2. The average Bonchev–Trinajstić information content (AvgIpc) is 2.36. The number of phenols is 1. The average molecular weight is 268 g/mol. The molecule has 0 amide bonds. The molecule has 1 heterocycles. The van der Waals surface area contributed by atoms with Crippen LogP contribution in [-0.2, 0) is 0 Å². The Balaban J connectivity index is 2.35. The summed E-state index contributed by atoms with van der Waals surface area (Å²) < 4.78 is 0. The number of benzene rings is 1. The Morgan fingerprint density at radius 3 is 2.83 bits per heavy atom. The largest absolute Gasteiger partial charge is 0.508 e. The number of phenolic OH excluding ortho intramolecular Hbond substituents is 1. The van der Waals surface area contributed by atoms with Crippen LogP contribution in [0.3, 0.4) is 0 Å². The Morgan fingerprint density at radius 2 is 2.17 bits per heavy atom. The lowest BCUT2D eigenvalue weighted by atomic mass is 9.84. The topological polar surface area (TPSA) is 32.3 Å². The van der Waals surface area contributed by atoms with Crippen LogP contribution in [-0.4, -0.2) is 17.7 Å². The zero-order valence-electron chi connectivity index (χ0n) is 11.4. The first-order valence-electron chi connectivity index (χ1n) is 6.76. The van der Waals surface area contributed by atoms with E-state index in [1.165, 1.54) is 0 Å². The standard InChI is InChI=1S/C15H22ClNO/c1-4-12-8-11(5-6-17-12)14-13(18)7-9(2)10(3)15(14)16/h7,11-12,17-18H,4-6,8H2,1-3H3/t11-,12-/m1/s1. The van der Waals surface area contributed by atoms with Crippen LogP contribution in [0.1, 0.15) is 48.8 Å². The monoisotopic (exact) mass is 267 g/mol. The first-order valence-corrected chi connectivity index (χ1v) is 7.14. The number of halogens is 1. The van der Waals surface area contributed by atoms with Gasteiger partial charge < -0.3 is 10.4 Å². The maximum atomic E-state index is 10.2. The molecule has 1 aromatic carbocycles. The van der Waals surface area contributed by atoms with Gasteiger partial charge in [0.05, 0.1) is 5.02 Å². The molecule has 1 aliphatic rings. The Kier molecular flexibility index (Phi) is 4.18. The molecule has 0 saturated carbocycles. The highest BCUT2D eigenvalue weighted by Crippen LogP contribution is 2.41. The van der Waals surface area contributed by atoms with Crippen molar-refractivity contribution in [3.8, 4) is 5.75 Å². The van der Waals surface area contributed by atoms with Crippen LogP contribution in [0.25, 0.3) is 0 Å². The minimum Gasteiger partial charge on any atom is -0.508 e. The Bertz CT molecular complexity index is 445. The van der Waals surface area contributed by atoms with Crippen LogP contribution >= 0.6 is 11.6 Å². The van der Waals surface area contributed by atoms with E-state index in [0.717, 1.165) is 47.5 Å². The van der Waals surface area contributed by atoms with E-state index in [9.17, 15) is 5.11 Å². The first-order chi connectivity index (χ1) is 8.54. The molecule has 0 bridgehead atoms. The summed E-state index contributed by atoms with van der Waals surface area (Å²) in [6.07, 6.45) is 3.23. The van der Waals surface area contributed by atoms with Gasteiger partial charge in [0.2, 0.25) is 0 Å². The molecule has 0 radical (unpaired) electrons. The minimum absolute atomic E-state index is 0.366. The van der Waals surface area contributed by atoms with Crippen LogP contribution < -0.4 is 5.32 Å². The van der Waals surface area contributed by atoms with Crippen molar-refractivity contribution >= 4 is 11.6 Å². The molecule has 1 fully saturated rings. The number of hydrogen-bond acceptors (Lipinski definition) is 2. The summed E-state index contributed by atoms with van der Waals surface area (Å²) in [6.45, 7) is 7.22. The van der Waals surface area contributed by atoms with E-state index >= 15 is 0 Å².